The van der Waals surface area contributed by atoms with Crippen LogP contribution in [0, 0.1) is 11.7 Å². The number of carbonyl (C=O) groups excluding carboxylic acids is 1. The predicted octanol–water partition coefficient (Wildman–Crippen LogP) is 3.28. The summed E-state index contributed by atoms with van der Waals surface area (Å²) in [5.41, 5.74) is -0.489. The predicted molar refractivity (Wildman–Crippen MR) is 103 cm³/mol. The van der Waals surface area contributed by atoms with Crippen molar-refractivity contribution in [1.29, 1.82) is 0 Å². The lowest BCUT2D eigenvalue weighted by Crippen LogP contribution is -2.41. The average molecular weight is 417 g/mol. The Kier molecular flexibility index (Phi) is 7.28. The van der Waals surface area contributed by atoms with Crippen molar-refractivity contribution in [3.63, 3.8) is 0 Å². The minimum Gasteiger partial charge on any atom is -0.493 e. The Balaban J connectivity index is 1.70. The molecule has 1 heterocycles. The van der Waals surface area contributed by atoms with E-state index in [4.69, 9.17) is 14.6 Å². The van der Waals surface area contributed by atoms with Crippen molar-refractivity contribution in [1.82, 2.24) is 4.90 Å². The van der Waals surface area contributed by atoms with Crippen LogP contribution in [0.3, 0.4) is 0 Å². The molecule has 1 fully saturated rings. The van der Waals surface area contributed by atoms with E-state index in [2.05, 4.69) is 0 Å². The van der Waals surface area contributed by atoms with Crippen LogP contribution in [0.2, 0.25) is 0 Å². The topological polar surface area (TPSA) is 98.9 Å². The number of nitrogens with zero attached hydrogens (tertiary/aromatic N) is 1. The van der Waals surface area contributed by atoms with Gasteiger partial charge in [0.05, 0.1) is 6.61 Å². The fourth-order valence-electron chi connectivity index (χ4n) is 3.09. The van der Waals surface area contributed by atoms with Gasteiger partial charge in [-0.1, -0.05) is 0 Å². The zero-order valence-corrected chi connectivity index (χ0v) is 17.4. The van der Waals surface area contributed by atoms with E-state index < -0.39 is 26.3 Å². The Morgan fingerprint density at radius 2 is 1.93 bits per heavy atom. The van der Waals surface area contributed by atoms with Crippen molar-refractivity contribution >= 4 is 16.1 Å². The third-order valence-corrected chi connectivity index (χ3v) is 5.45. The molecule has 0 radical (unpaired) electrons. The summed E-state index contributed by atoms with van der Waals surface area (Å²) in [7, 11) is -4.08. The number of likely N-dealkylation sites (tertiary alicyclic amines) is 1. The number of carbonyl (C=O) groups is 1. The highest BCUT2D eigenvalue weighted by Crippen LogP contribution is 2.24. The number of rotatable bonds is 6. The molecule has 0 aromatic heterocycles. The summed E-state index contributed by atoms with van der Waals surface area (Å²) in [6.07, 6.45) is 3.29. The molecule has 0 unspecified atom stereocenters. The van der Waals surface area contributed by atoms with Crippen LogP contribution >= 0.6 is 0 Å². The molecule has 7 nitrogen and oxygen atoms in total. The number of amides is 1. The molecule has 0 bridgehead atoms. The van der Waals surface area contributed by atoms with Gasteiger partial charge in [0.25, 0.3) is 0 Å². The van der Waals surface area contributed by atoms with Gasteiger partial charge in [-0.25, -0.2) is 22.7 Å². The molecule has 1 aromatic carbocycles. The first-order chi connectivity index (χ1) is 13.0. The Morgan fingerprint density at radius 3 is 2.46 bits per heavy atom. The van der Waals surface area contributed by atoms with Crippen molar-refractivity contribution in [3.8, 4) is 5.75 Å². The Labute approximate surface area is 166 Å². The largest absolute Gasteiger partial charge is 0.493 e. The lowest BCUT2D eigenvalue weighted by atomic mass is 9.92. The van der Waals surface area contributed by atoms with Crippen LogP contribution in [0.1, 0.15) is 46.5 Å². The molecular formula is C19H29FN2O5S. The average Bonchev–Trinajstić information content (AvgIpc) is 2.56. The van der Waals surface area contributed by atoms with Gasteiger partial charge >= 0.3 is 6.09 Å². The van der Waals surface area contributed by atoms with Gasteiger partial charge in [-0.05, 0) is 64.5 Å². The van der Waals surface area contributed by atoms with Crippen molar-refractivity contribution in [3.05, 3.63) is 24.0 Å². The Bertz CT molecular complexity index is 784. The molecule has 28 heavy (non-hydrogen) atoms. The smallest absolute Gasteiger partial charge is 0.410 e. The molecule has 0 aliphatic carbocycles. The first-order valence-electron chi connectivity index (χ1n) is 9.39. The fourth-order valence-corrected chi connectivity index (χ4v) is 3.68. The SMILES string of the molecule is CC(C)(C)OC(=O)N1CCC(CCCOc2ccc(S(N)(=O)=O)c(F)c2)CC1. The number of nitrogens with two attached hydrogens (primary N) is 1. The van der Waals surface area contributed by atoms with E-state index in [-0.39, 0.29) is 11.8 Å². The van der Waals surface area contributed by atoms with E-state index in [9.17, 15) is 17.6 Å². The van der Waals surface area contributed by atoms with Gasteiger partial charge in [0, 0.05) is 19.2 Å². The number of primary sulfonamides is 1. The molecule has 0 saturated carbocycles. The molecule has 9 heteroatoms. The van der Waals surface area contributed by atoms with Crippen molar-refractivity contribution in [2.24, 2.45) is 11.1 Å². The standard InChI is InChI=1S/C19H29FN2O5S/c1-19(2,3)27-18(23)22-10-8-14(9-11-22)5-4-12-26-15-6-7-17(16(20)13-15)28(21,24)25/h6-7,13-14H,4-5,8-12H2,1-3H3,(H2,21,24,25). The van der Waals surface area contributed by atoms with Crippen molar-refractivity contribution in [2.45, 2.75) is 57.0 Å². The second-order valence-corrected chi connectivity index (χ2v) is 9.57. The van der Waals surface area contributed by atoms with Gasteiger partial charge in [0.1, 0.15) is 22.1 Å². The number of halogens is 1. The third-order valence-electron chi connectivity index (χ3n) is 4.50. The van der Waals surface area contributed by atoms with E-state index in [1.54, 1.807) is 4.90 Å². The van der Waals surface area contributed by atoms with E-state index in [1.165, 1.54) is 6.07 Å². The highest BCUT2D eigenvalue weighted by atomic mass is 32.2. The van der Waals surface area contributed by atoms with Gasteiger partial charge < -0.3 is 14.4 Å². The molecule has 2 rings (SSSR count). The molecule has 158 valence electrons. The van der Waals surface area contributed by atoms with Crippen LogP contribution in [0.25, 0.3) is 0 Å². The number of ether oxygens (including phenoxy) is 2. The summed E-state index contributed by atoms with van der Waals surface area (Å²) in [4.78, 5) is 13.3. The maximum absolute atomic E-state index is 13.8. The molecule has 1 aromatic rings. The minimum absolute atomic E-state index is 0.265. The number of piperidine rings is 1. The molecular weight excluding hydrogens is 387 g/mol. The van der Waals surface area contributed by atoms with Crippen LogP contribution in [0.5, 0.6) is 5.75 Å². The van der Waals surface area contributed by atoms with E-state index in [1.807, 2.05) is 20.8 Å². The number of hydrogen-bond acceptors (Lipinski definition) is 5. The van der Waals surface area contributed by atoms with Gasteiger partial charge in [0.2, 0.25) is 10.0 Å². The van der Waals surface area contributed by atoms with Crippen LogP contribution in [-0.2, 0) is 14.8 Å². The molecule has 1 saturated heterocycles. The third kappa shape index (κ3) is 6.94. The van der Waals surface area contributed by atoms with E-state index >= 15 is 0 Å². The molecule has 1 aliphatic rings. The summed E-state index contributed by atoms with van der Waals surface area (Å²) in [5, 5.41) is 4.93. The highest BCUT2D eigenvalue weighted by molar-refractivity contribution is 7.89. The van der Waals surface area contributed by atoms with Gasteiger partial charge in [0.15, 0.2) is 0 Å². The van der Waals surface area contributed by atoms with E-state index in [0.717, 1.165) is 37.8 Å². The summed E-state index contributed by atoms with van der Waals surface area (Å²) in [5.74, 6) is -0.150. The van der Waals surface area contributed by atoms with Crippen molar-refractivity contribution < 1.29 is 27.1 Å². The number of sulfonamides is 1. The van der Waals surface area contributed by atoms with Gasteiger partial charge in [-0.3, -0.25) is 0 Å². The van der Waals surface area contributed by atoms with Crippen LogP contribution in [0.15, 0.2) is 23.1 Å². The lowest BCUT2D eigenvalue weighted by Gasteiger charge is -2.33. The zero-order valence-electron chi connectivity index (χ0n) is 16.6. The Morgan fingerprint density at radius 1 is 1.29 bits per heavy atom. The second-order valence-electron chi connectivity index (χ2n) is 8.04. The monoisotopic (exact) mass is 416 g/mol. The molecule has 1 aliphatic heterocycles. The highest BCUT2D eigenvalue weighted by Gasteiger charge is 2.26. The Hall–Kier alpha value is -1.87. The molecule has 2 N–H and O–H groups in total. The fraction of sp³-hybridized carbons (Fsp3) is 0.632. The second kappa shape index (κ2) is 9.09. The first kappa shape index (κ1) is 22.4. The lowest BCUT2D eigenvalue weighted by molar-refractivity contribution is 0.0179. The quantitative estimate of drug-likeness (QED) is 0.718. The van der Waals surface area contributed by atoms with Gasteiger partial charge in [-0.15, -0.1) is 0 Å². The normalized spacial score (nSPS) is 16.1. The summed E-state index contributed by atoms with van der Waals surface area (Å²) < 4.78 is 47.1. The number of benzene rings is 1. The van der Waals surface area contributed by atoms with Crippen LogP contribution < -0.4 is 9.88 Å². The molecule has 1 amide bonds. The van der Waals surface area contributed by atoms with Crippen molar-refractivity contribution in [2.75, 3.05) is 19.7 Å². The molecule has 0 spiro atoms. The minimum atomic E-state index is -4.08. The van der Waals surface area contributed by atoms with Crippen LogP contribution in [0.4, 0.5) is 9.18 Å². The number of hydrogen-bond donors (Lipinski definition) is 1. The van der Waals surface area contributed by atoms with E-state index in [0.29, 0.717) is 25.6 Å². The zero-order chi connectivity index (χ0) is 20.9. The van der Waals surface area contributed by atoms with Gasteiger partial charge in [-0.2, -0.15) is 0 Å². The first-order valence-corrected chi connectivity index (χ1v) is 10.9. The summed E-state index contributed by atoms with van der Waals surface area (Å²) >= 11 is 0. The maximum atomic E-state index is 13.8. The summed E-state index contributed by atoms with van der Waals surface area (Å²) in [6.45, 7) is 7.33. The van der Waals surface area contributed by atoms with Crippen LogP contribution in [-0.4, -0.2) is 44.7 Å². The summed E-state index contributed by atoms with van der Waals surface area (Å²) in [6, 6.07) is 3.52. The maximum Gasteiger partial charge on any atom is 0.410 e. The molecule has 0 atom stereocenters.